The van der Waals surface area contributed by atoms with Gasteiger partial charge in [-0.1, -0.05) is 18.7 Å². The summed E-state index contributed by atoms with van der Waals surface area (Å²) in [6.07, 6.45) is 2.18. The van der Waals surface area contributed by atoms with Crippen LogP contribution < -0.4 is 0 Å². The summed E-state index contributed by atoms with van der Waals surface area (Å²) in [5.41, 5.74) is 0.863. The summed E-state index contributed by atoms with van der Waals surface area (Å²) >= 11 is 0. The summed E-state index contributed by atoms with van der Waals surface area (Å²) in [6, 6.07) is 6.11. The Labute approximate surface area is 110 Å². The standard InChI is InChI=1S/C14H14O5/c1-2-13(16)18-8-3-9-19-14(17)12-6-4-11(10-15)5-7-12/h2,4-7,10H,1,3,8-9H2. The van der Waals surface area contributed by atoms with Gasteiger partial charge >= 0.3 is 11.9 Å². The number of rotatable bonds is 7. The van der Waals surface area contributed by atoms with Gasteiger partial charge in [-0.05, 0) is 12.1 Å². The quantitative estimate of drug-likeness (QED) is 0.324. The van der Waals surface area contributed by atoms with Gasteiger partial charge < -0.3 is 9.47 Å². The second-order valence-corrected chi connectivity index (χ2v) is 3.60. The number of esters is 2. The number of benzene rings is 1. The van der Waals surface area contributed by atoms with E-state index in [-0.39, 0.29) is 13.2 Å². The van der Waals surface area contributed by atoms with Crippen LogP contribution in [0, 0.1) is 0 Å². The van der Waals surface area contributed by atoms with Crippen molar-refractivity contribution in [2.45, 2.75) is 6.42 Å². The molecule has 0 amide bonds. The largest absolute Gasteiger partial charge is 0.462 e. The van der Waals surface area contributed by atoms with Gasteiger partial charge in [-0.2, -0.15) is 0 Å². The average Bonchev–Trinajstić information content (AvgIpc) is 2.46. The number of hydrogen-bond acceptors (Lipinski definition) is 5. The topological polar surface area (TPSA) is 69.7 Å². The van der Waals surface area contributed by atoms with Crippen LogP contribution in [0.25, 0.3) is 0 Å². The van der Waals surface area contributed by atoms with Crippen molar-refractivity contribution in [3.63, 3.8) is 0 Å². The van der Waals surface area contributed by atoms with Crippen molar-refractivity contribution >= 4 is 18.2 Å². The molecule has 100 valence electrons. The third-order valence-electron chi connectivity index (χ3n) is 2.22. The van der Waals surface area contributed by atoms with Crippen molar-refractivity contribution in [3.8, 4) is 0 Å². The fraction of sp³-hybridized carbons (Fsp3) is 0.214. The Morgan fingerprint density at radius 3 is 2.32 bits per heavy atom. The van der Waals surface area contributed by atoms with E-state index in [0.717, 1.165) is 6.08 Å². The van der Waals surface area contributed by atoms with Crippen molar-refractivity contribution in [2.24, 2.45) is 0 Å². The van der Waals surface area contributed by atoms with Gasteiger partial charge in [0, 0.05) is 18.1 Å². The van der Waals surface area contributed by atoms with Crippen molar-refractivity contribution in [1.82, 2.24) is 0 Å². The van der Waals surface area contributed by atoms with E-state index in [1.807, 2.05) is 0 Å². The van der Waals surface area contributed by atoms with Crippen molar-refractivity contribution < 1.29 is 23.9 Å². The van der Waals surface area contributed by atoms with Gasteiger partial charge in [0.15, 0.2) is 0 Å². The van der Waals surface area contributed by atoms with Gasteiger partial charge in [-0.3, -0.25) is 4.79 Å². The Hall–Kier alpha value is -2.43. The molecule has 0 atom stereocenters. The molecule has 0 spiro atoms. The molecule has 0 aliphatic rings. The fourth-order valence-corrected chi connectivity index (χ4v) is 1.24. The van der Waals surface area contributed by atoms with Gasteiger partial charge in [0.2, 0.25) is 0 Å². The molecule has 0 fully saturated rings. The second kappa shape index (κ2) is 7.81. The average molecular weight is 262 g/mol. The highest BCUT2D eigenvalue weighted by atomic mass is 16.5. The summed E-state index contributed by atoms with van der Waals surface area (Å²) < 4.78 is 9.69. The van der Waals surface area contributed by atoms with E-state index in [4.69, 9.17) is 9.47 Å². The molecule has 0 heterocycles. The van der Waals surface area contributed by atoms with Gasteiger partial charge in [0.05, 0.1) is 18.8 Å². The third kappa shape index (κ3) is 5.16. The minimum absolute atomic E-state index is 0.151. The third-order valence-corrected chi connectivity index (χ3v) is 2.22. The van der Waals surface area contributed by atoms with E-state index in [0.29, 0.717) is 23.8 Å². The lowest BCUT2D eigenvalue weighted by atomic mass is 10.1. The van der Waals surface area contributed by atoms with E-state index < -0.39 is 11.9 Å². The van der Waals surface area contributed by atoms with Crippen molar-refractivity contribution in [3.05, 3.63) is 48.0 Å². The molecule has 1 aromatic rings. The van der Waals surface area contributed by atoms with Gasteiger partial charge in [-0.25, -0.2) is 9.59 Å². The zero-order chi connectivity index (χ0) is 14.1. The summed E-state index contributed by atoms with van der Waals surface area (Å²) in [5.74, 6) is -0.983. The van der Waals surface area contributed by atoms with Crippen LogP contribution in [0.3, 0.4) is 0 Å². The molecule has 0 aromatic heterocycles. The minimum atomic E-state index is -0.504. The molecule has 0 aliphatic heterocycles. The molecule has 0 saturated heterocycles. The van der Waals surface area contributed by atoms with Crippen LogP contribution >= 0.6 is 0 Å². The molecular formula is C14H14O5. The van der Waals surface area contributed by atoms with E-state index in [9.17, 15) is 14.4 Å². The first-order chi connectivity index (χ1) is 9.17. The van der Waals surface area contributed by atoms with Crippen LogP contribution in [-0.4, -0.2) is 31.4 Å². The summed E-state index contributed by atoms with van der Waals surface area (Å²) in [4.78, 5) is 32.7. The molecule has 0 saturated carbocycles. The molecule has 0 N–H and O–H groups in total. The van der Waals surface area contributed by atoms with Crippen molar-refractivity contribution in [2.75, 3.05) is 13.2 Å². The molecule has 5 heteroatoms. The Kier molecular flexibility index (Phi) is 6.02. The number of carbonyl (C=O) groups excluding carboxylic acids is 3. The molecule has 0 unspecified atom stereocenters. The summed E-state index contributed by atoms with van der Waals surface area (Å²) in [5, 5.41) is 0. The lowest BCUT2D eigenvalue weighted by Crippen LogP contribution is -2.09. The smallest absolute Gasteiger partial charge is 0.338 e. The molecule has 0 radical (unpaired) electrons. The first-order valence-corrected chi connectivity index (χ1v) is 5.69. The molecule has 5 nitrogen and oxygen atoms in total. The predicted octanol–water partition coefficient (Wildman–Crippen LogP) is 1.78. The molecule has 19 heavy (non-hydrogen) atoms. The van der Waals surface area contributed by atoms with Gasteiger partial charge in [0.25, 0.3) is 0 Å². The Morgan fingerprint density at radius 2 is 1.74 bits per heavy atom. The molecule has 1 rings (SSSR count). The highest BCUT2D eigenvalue weighted by Gasteiger charge is 2.06. The van der Waals surface area contributed by atoms with Gasteiger partial charge in [-0.15, -0.1) is 0 Å². The Bertz CT molecular complexity index is 461. The van der Waals surface area contributed by atoms with Crippen LogP contribution in [0.1, 0.15) is 27.1 Å². The van der Waals surface area contributed by atoms with E-state index in [2.05, 4.69) is 6.58 Å². The van der Waals surface area contributed by atoms with Gasteiger partial charge in [0.1, 0.15) is 6.29 Å². The monoisotopic (exact) mass is 262 g/mol. The highest BCUT2D eigenvalue weighted by molar-refractivity contribution is 5.90. The maximum absolute atomic E-state index is 11.6. The zero-order valence-electron chi connectivity index (χ0n) is 10.3. The van der Waals surface area contributed by atoms with Crippen LogP contribution in [0.2, 0.25) is 0 Å². The lowest BCUT2D eigenvalue weighted by Gasteiger charge is -2.05. The first-order valence-electron chi connectivity index (χ1n) is 5.69. The number of hydrogen-bond donors (Lipinski definition) is 0. The molecule has 0 bridgehead atoms. The zero-order valence-corrected chi connectivity index (χ0v) is 10.3. The van der Waals surface area contributed by atoms with Crippen LogP contribution in [0.5, 0.6) is 0 Å². The fourth-order valence-electron chi connectivity index (χ4n) is 1.24. The highest BCUT2D eigenvalue weighted by Crippen LogP contribution is 2.04. The maximum atomic E-state index is 11.6. The molecular weight excluding hydrogens is 248 g/mol. The molecule has 1 aromatic carbocycles. The van der Waals surface area contributed by atoms with E-state index in [1.165, 1.54) is 24.3 Å². The second-order valence-electron chi connectivity index (χ2n) is 3.60. The summed E-state index contributed by atoms with van der Waals surface area (Å²) in [7, 11) is 0. The Balaban J connectivity index is 2.28. The van der Waals surface area contributed by atoms with Crippen LogP contribution in [0.4, 0.5) is 0 Å². The van der Waals surface area contributed by atoms with Crippen molar-refractivity contribution in [1.29, 1.82) is 0 Å². The van der Waals surface area contributed by atoms with E-state index in [1.54, 1.807) is 0 Å². The maximum Gasteiger partial charge on any atom is 0.338 e. The lowest BCUT2D eigenvalue weighted by molar-refractivity contribution is -0.137. The SMILES string of the molecule is C=CC(=O)OCCCOC(=O)c1ccc(C=O)cc1. The minimum Gasteiger partial charge on any atom is -0.462 e. The molecule has 0 aliphatic carbocycles. The Morgan fingerprint density at radius 1 is 1.11 bits per heavy atom. The number of carbonyl (C=O) groups is 3. The summed E-state index contributed by atoms with van der Waals surface area (Å²) in [6.45, 7) is 3.58. The number of aldehydes is 1. The number of ether oxygens (including phenoxy) is 2. The first kappa shape index (κ1) is 14.6. The predicted molar refractivity (Wildman–Crippen MR) is 67.9 cm³/mol. The van der Waals surface area contributed by atoms with Crippen LogP contribution in [0.15, 0.2) is 36.9 Å². The van der Waals surface area contributed by atoms with E-state index >= 15 is 0 Å². The van der Waals surface area contributed by atoms with Crippen LogP contribution in [-0.2, 0) is 14.3 Å². The normalized spacial score (nSPS) is 9.47.